The molecule has 1 aliphatic carbocycles. The van der Waals surface area contributed by atoms with Gasteiger partial charge in [-0.2, -0.15) is 9.98 Å². The van der Waals surface area contributed by atoms with Gasteiger partial charge in [-0.25, -0.2) is 22.2 Å². The number of hydrogen-bond donors (Lipinski definition) is 2. The summed E-state index contributed by atoms with van der Waals surface area (Å²) in [6.45, 7) is 5.35. The average Bonchev–Trinajstić information content (AvgIpc) is 3.18. The number of fused-ring (bicyclic) bond motifs is 1. The fourth-order valence-electron chi connectivity index (χ4n) is 4.23. The fourth-order valence-corrected chi connectivity index (χ4v) is 6.31. The summed E-state index contributed by atoms with van der Waals surface area (Å²) in [7, 11) is -4.05. The molecule has 0 radical (unpaired) electrons. The number of anilines is 1. The monoisotopic (exact) mass is 508 g/mol. The van der Waals surface area contributed by atoms with Crippen molar-refractivity contribution >= 4 is 32.6 Å². The lowest BCUT2D eigenvalue weighted by atomic mass is 10.1. The maximum absolute atomic E-state index is 13.3. The van der Waals surface area contributed by atoms with E-state index in [0.29, 0.717) is 48.5 Å². The van der Waals surface area contributed by atoms with Crippen molar-refractivity contribution in [2.75, 3.05) is 18.0 Å². The van der Waals surface area contributed by atoms with Crippen LogP contribution in [0.3, 0.4) is 0 Å². The molecule has 2 aliphatic rings. The maximum Gasteiger partial charge on any atom is 0.291 e. The number of aromatic nitrogens is 4. The van der Waals surface area contributed by atoms with Crippen molar-refractivity contribution in [1.82, 2.24) is 29.6 Å². The van der Waals surface area contributed by atoms with Gasteiger partial charge in [0.25, 0.3) is 6.43 Å². The quantitative estimate of drug-likeness (QED) is 0.519. The highest BCUT2D eigenvalue weighted by Gasteiger charge is 2.47. The van der Waals surface area contributed by atoms with E-state index in [4.69, 9.17) is 0 Å². The summed E-state index contributed by atoms with van der Waals surface area (Å²) in [6.07, 6.45) is 1.09. The molecule has 3 aromatic rings. The van der Waals surface area contributed by atoms with Crippen molar-refractivity contribution in [3.63, 3.8) is 0 Å². The molecule has 0 aromatic carbocycles. The number of nitriles is 1. The molecule has 14 heteroatoms. The Morgan fingerprint density at radius 2 is 2.00 bits per heavy atom. The second-order valence-electron chi connectivity index (χ2n) is 8.82. The van der Waals surface area contributed by atoms with Crippen LogP contribution in [0.4, 0.5) is 14.5 Å². The average molecular weight is 509 g/mol. The van der Waals surface area contributed by atoms with Crippen LogP contribution >= 0.6 is 11.3 Å². The van der Waals surface area contributed by atoms with Crippen molar-refractivity contribution < 1.29 is 17.2 Å². The highest BCUT2D eigenvalue weighted by Crippen LogP contribution is 2.37. The Labute approximate surface area is 198 Å². The van der Waals surface area contributed by atoms with E-state index < -0.39 is 27.0 Å². The van der Waals surface area contributed by atoms with Crippen LogP contribution in [-0.4, -0.2) is 58.7 Å². The second-order valence-corrected chi connectivity index (χ2v) is 11.5. The van der Waals surface area contributed by atoms with Gasteiger partial charge in [-0.3, -0.25) is 4.40 Å². The van der Waals surface area contributed by atoms with Crippen molar-refractivity contribution in [3.8, 4) is 16.9 Å². The Morgan fingerprint density at radius 3 is 2.59 bits per heavy atom. The van der Waals surface area contributed by atoms with Crippen LogP contribution in [0, 0.1) is 11.3 Å². The van der Waals surface area contributed by atoms with Crippen molar-refractivity contribution in [2.45, 2.75) is 55.6 Å². The lowest BCUT2D eigenvalue weighted by Gasteiger charge is -2.38. The van der Waals surface area contributed by atoms with E-state index in [2.05, 4.69) is 30.1 Å². The van der Waals surface area contributed by atoms with Crippen molar-refractivity contribution in [1.29, 1.82) is 5.26 Å². The largest absolute Gasteiger partial charge is 0.367 e. The van der Waals surface area contributed by atoms with Crippen LogP contribution in [0.2, 0.25) is 0 Å². The molecule has 1 saturated carbocycles. The number of halogens is 2. The molecule has 0 amide bonds. The summed E-state index contributed by atoms with van der Waals surface area (Å²) in [4.78, 5) is 6.40. The van der Waals surface area contributed by atoms with E-state index in [1.165, 1.54) is 6.20 Å². The van der Waals surface area contributed by atoms with E-state index in [1.54, 1.807) is 16.7 Å². The summed E-state index contributed by atoms with van der Waals surface area (Å²) >= 11 is 0.705. The lowest BCUT2D eigenvalue weighted by molar-refractivity contribution is 0.150. The molecule has 180 valence electrons. The molecular weight excluding hydrogens is 486 g/mol. The highest BCUT2D eigenvalue weighted by molar-refractivity contribution is 7.89. The maximum atomic E-state index is 13.3. The molecule has 0 unspecified atom stereocenters. The highest BCUT2D eigenvalue weighted by atomic mass is 32.2. The minimum absolute atomic E-state index is 0.0480. The molecular formula is C20H22F2N8O2S2. The zero-order valence-electron chi connectivity index (χ0n) is 18.4. The topological polar surface area (TPSA) is 128 Å². The minimum atomic E-state index is -4.05. The van der Waals surface area contributed by atoms with Crippen LogP contribution in [0.15, 0.2) is 23.4 Å². The number of nitrogens with one attached hydrogen (secondary N) is 2. The van der Waals surface area contributed by atoms with E-state index in [9.17, 15) is 22.5 Å². The number of rotatable bonds is 6. The molecule has 4 heterocycles. The summed E-state index contributed by atoms with van der Waals surface area (Å²) in [6, 6.07) is 3.93. The number of alkyl halides is 2. The van der Waals surface area contributed by atoms with Gasteiger partial charge < -0.3 is 10.2 Å². The van der Waals surface area contributed by atoms with Crippen molar-refractivity contribution in [2.24, 2.45) is 0 Å². The minimum Gasteiger partial charge on any atom is -0.367 e. The second kappa shape index (κ2) is 8.19. The summed E-state index contributed by atoms with van der Waals surface area (Å²) in [5.41, 5.74) is 0.169. The lowest BCUT2D eigenvalue weighted by Crippen LogP contribution is -2.54. The number of pyridine rings is 1. The Hall–Kier alpha value is -2.73. The molecule has 1 aliphatic heterocycles. The van der Waals surface area contributed by atoms with Gasteiger partial charge in [0.15, 0.2) is 15.8 Å². The Morgan fingerprint density at radius 1 is 1.29 bits per heavy atom. The Balaban J connectivity index is 1.67. The molecule has 0 spiro atoms. The van der Waals surface area contributed by atoms with E-state index in [-0.39, 0.29) is 27.8 Å². The number of imidazole rings is 1. The fraction of sp³-hybridized carbons (Fsp3) is 0.500. The Kier molecular flexibility index (Phi) is 5.55. The first-order valence-electron chi connectivity index (χ1n) is 10.7. The number of sulfonamides is 1. The van der Waals surface area contributed by atoms with Crippen molar-refractivity contribution in [3.05, 3.63) is 23.5 Å². The third-order valence-corrected chi connectivity index (χ3v) is 8.35. The summed E-state index contributed by atoms with van der Waals surface area (Å²) < 4.78 is 56.8. The number of nitrogens with zero attached hydrogens (tertiary/aromatic N) is 6. The summed E-state index contributed by atoms with van der Waals surface area (Å²) in [5.74, 6) is 0.218. The first-order chi connectivity index (χ1) is 16.1. The van der Waals surface area contributed by atoms with E-state index in [1.807, 2.05) is 19.9 Å². The SMILES string of the molecule is C[C@H]1CN(c2cc(S(=O)(=O)NC3(C#N)CC3)cn3c(-c4nnc(C(F)F)s4)ncc23)C[C@H](C)N1. The van der Waals surface area contributed by atoms with Crippen LogP contribution in [0.1, 0.15) is 38.1 Å². The van der Waals surface area contributed by atoms with E-state index >= 15 is 0 Å². The number of hydrogen-bond acceptors (Lipinski definition) is 9. The molecule has 1 saturated heterocycles. The van der Waals surface area contributed by atoms with E-state index in [0.717, 1.165) is 0 Å². The van der Waals surface area contributed by atoms with Gasteiger partial charge in [-0.1, -0.05) is 11.3 Å². The van der Waals surface area contributed by atoms with Gasteiger partial charge in [0, 0.05) is 31.4 Å². The molecule has 2 atom stereocenters. The van der Waals surface area contributed by atoms with Crippen LogP contribution in [0.5, 0.6) is 0 Å². The third kappa shape index (κ3) is 4.13. The van der Waals surface area contributed by atoms with Gasteiger partial charge in [-0.05, 0) is 32.8 Å². The zero-order valence-corrected chi connectivity index (χ0v) is 20.0. The van der Waals surface area contributed by atoms with Crippen LogP contribution in [0.25, 0.3) is 16.3 Å². The van der Waals surface area contributed by atoms with Gasteiger partial charge in [0.05, 0.1) is 23.5 Å². The molecule has 34 heavy (non-hydrogen) atoms. The predicted molar refractivity (Wildman–Crippen MR) is 121 cm³/mol. The first-order valence-corrected chi connectivity index (χ1v) is 13.0. The first kappa shape index (κ1) is 23.0. The molecule has 0 bridgehead atoms. The summed E-state index contributed by atoms with van der Waals surface area (Å²) in [5, 5.41) is 19.9. The van der Waals surface area contributed by atoms with Crippen LogP contribution < -0.4 is 14.9 Å². The molecule has 2 N–H and O–H groups in total. The van der Waals surface area contributed by atoms with Gasteiger partial charge in [0.2, 0.25) is 10.0 Å². The Bertz CT molecular complexity index is 1380. The molecule has 5 rings (SSSR count). The predicted octanol–water partition coefficient (Wildman–Crippen LogP) is 2.31. The third-order valence-electron chi connectivity index (χ3n) is 5.92. The zero-order chi connectivity index (χ0) is 24.3. The molecule has 3 aromatic heterocycles. The van der Waals surface area contributed by atoms with Gasteiger partial charge in [-0.15, -0.1) is 10.2 Å². The molecule has 10 nitrogen and oxygen atoms in total. The molecule has 2 fully saturated rings. The van der Waals surface area contributed by atoms with Gasteiger partial charge in [0.1, 0.15) is 10.4 Å². The van der Waals surface area contributed by atoms with Crippen LogP contribution in [-0.2, 0) is 10.0 Å². The smallest absolute Gasteiger partial charge is 0.291 e. The normalized spacial score (nSPS) is 22.3. The number of piperazine rings is 1. The van der Waals surface area contributed by atoms with Gasteiger partial charge >= 0.3 is 0 Å². The standard InChI is InChI=1S/C20H22F2N8O2S2/c1-11-7-29(8-12(2)25-11)14-5-13(34(31,32)28-20(10-23)3-4-20)9-30-15(14)6-24-17(30)19-27-26-18(33-19)16(21)22/h5-6,9,11-12,16,25,28H,3-4,7-8H2,1-2H3/t11-,12-/m0/s1.